The normalized spacial score (nSPS) is 19.5. The van der Waals surface area contributed by atoms with E-state index in [1.165, 1.54) is 12.1 Å². The molecule has 1 aromatic heterocycles. The van der Waals surface area contributed by atoms with Crippen molar-refractivity contribution in [3.05, 3.63) is 59.8 Å². The maximum absolute atomic E-state index is 13.2. The molecular formula is C26H28F3N5O2. The first-order chi connectivity index (χ1) is 17.3. The summed E-state index contributed by atoms with van der Waals surface area (Å²) in [5.41, 5.74) is 2.24. The van der Waals surface area contributed by atoms with Gasteiger partial charge in [0.1, 0.15) is 0 Å². The Balaban J connectivity index is 1.32. The lowest BCUT2D eigenvalue weighted by Gasteiger charge is -2.37. The second-order valence-electron chi connectivity index (χ2n) is 9.32. The minimum absolute atomic E-state index is 0.0248. The van der Waals surface area contributed by atoms with Gasteiger partial charge in [-0.25, -0.2) is 0 Å². The van der Waals surface area contributed by atoms with Gasteiger partial charge in [0, 0.05) is 49.9 Å². The number of hydrogen-bond acceptors (Lipinski definition) is 6. The average Bonchev–Trinajstić information content (AvgIpc) is 3.43. The molecule has 5 rings (SSSR count). The molecule has 3 aromatic rings. The van der Waals surface area contributed by atoms with E-state index in [0.29, 0.717) is 56.2 Å². The highest BCUT2D eigenvalue weighted by Gasteiger charge is 2.31. The van der Waals surface area contributed by atoms with Crippen molar-refractivity contribution >= 4 is 28.2 Å². The number of rotatable bonds is 5. The molecule has 0 radical (unpaired) electrons. The number of ether oxygens (including phenoxy) is 1. The predicted octanol–water partition coefficient (Wildman–Crippen LogP) is 4.51. The van der Waals surface area contributed by atoms with E-state index in [4.69, 9.17) is 4.74 Å². The lowest BCUT2D eigenvalue weighted by molar-refractivity contribution is -0.137. The van der Waals surface area contributed by atoms with Gasteiger partial charge in [0.2, 0.25) is 5.91 Å². The quantitative estimate of drug-likeness (QED) is 0.557. The number of halogens is 3. The Kier molecular flexibility index (Phi) is 6.70. The van der Waals surface area contributed by atoms with Gasteiger partial charge in [0.05, 0.1) is 35.5 Å². The molecule has 2 aliphatic heterocycles. The molecule has 0 bridgehead atoms. The highest BCUT2D eigenvalue weighted by atomic mass is 19.4. The third-order valence-electron chi connectivity index (χ3n) is 6.94. The largest absolute Gasteiger partial charge is 0.416 e. The summed E-state index contributed by atoms with van der Waals surface area (Å²) in [4.78, 5) is 16.9. The number of anilines is 2. The molecule has 2 saturated heterocycles. The first kappa shape index (κ1) is 24.3. The number of alkyl halides is 3. The van der Waals surface area contributed by atoms with Crippen LogP contribution in [-0.2, 0) is 15.7 Å². The van der Waals surface area contributed by atoms with Gasteiger partial charge in [-0.1, -0.05) is 12.1 Å². The number of carbonyl (C=O) groups excluding carboxylic acids is 1. The molecule has 36 heavy (non-hydrogen) atoms. The number of nitrogens with one attached hydrogen (secondary N) is 1. The molecule has 1 N–H and O–H groups in total. The SMILES string of the molecule is C[C@@H](Nc1cnnc2ccc(N3CCN(C(=O)C4CCOC4)CC3)cc12)c1cccc(C(F)(F)F)c1. The van der Waals surface area contributed by atoms with Crippen LogP contribution in [0.25, 0.3) is 10.9 Å². The molecular weight excluding hydrogens is 471 g/mol. The zero-order valence-corrected chi connectivity index (χ0v) is 20.0. The Hall–Kier alpha value is -3.40. The van der Waals surface area contributed by atoms with Crippen LogP contribution >= 0.6 is 0 Å². The van der Waals surface area contributed by atoms with Crippen LogP contribution in [0.5, 0.6) is 0 Å². The lowest BCUT2D eigenvalue weighted by Crippen LogP contribution is -2.50. The molecule has 2 aliphatic rings. The number of benzene rings is 2. The van der Waals surface area contributed by atoms with E-state index >= 15 is 0 Å². The number of amides is 1. The van der Waals surface area contributed by atoms with Crippen molar-refractivity contribution in [3.63, 3.8) is 0 Å². The summed E-state index contributed by atoms with van der Waals surface area (Å²) in [5.74, 6) is 0.152. The van der Waals surface area contributed by atoms with E-state index in [9.17, 15) is 18.0 Å². The number of hydrogen-bond donors (Lipinski definition) is 1. The molecule has 2 fully saturated rings. The van der Waals surface area contributed by atoms with Crippen molar-refractivity contribution in [1.82, 2.24) is 15.1 Å². The minimum Gasteiger partial charge on any atom is -0.381 e. The van der Waals surface area contributed by atoms with Crippen molar-refractivity contribution in [2.45, 2.75) is 25.6 Å². The summed E-state index contributed by atoms with van der Waals surface area (Å²) >= 11 is 0. The Morgan fingerprint density at radius 2 is 1.94 bits per heavy atom. The van der Waals surface area contributed by atoms with Crippen molar-refractivity contribution in [2.75, 3.05) is 49.6 Å². The number of nitrogens with zero attached hydrogens (tertiary/aromatic N) is 4. The van der Waals surface area contributed by atoms with Gasteiger partial charge < -0.3 is 19.9 Å². The molecule has 1 amide bonds. The molecule has 0 saturated carbocycles. The first-order valence-electron chi connectivity index (χ1n) is 12.1. The summed E-state index contributed by atoms with van der Waals surface area (Å²) < 4.78 is 44.9. The molecule has 0 aliphatic carbocycles. The smallest absolute Gasteiger partial charge is 0.381 e. The van der Waals surface area contributed by atoms with Gasteiger partial charge in [-0.15, -0.1) is 0 Å². The third kappa shape index (κ3) is 5.09. The standard InChI is InChI=1S/C26H28F3N5O2/c1-17(18-3-2-4-20(13-18)26(27,28)29)31-24-15-30-32-23-6-5-21(14-22(23)24)33-8-10-34(11-9-33)25(35)19-7-12-36-16-19/h2-6,13-15,17,19H,7-12,16H2,1H3,(H,31,32)/t17-,19?/m1/s1. The van der Waals surface area contributed by atoms with Crippen LogP contribution in [0.4, 0.5) is 24.5 Å². The molecule has 0 spiro atoms. The van der Waals surface area contributed by atoms with Gasteiger partial charge in [0.25, 0.3) is 0 Å². The molecule has 190 valence electrons. The van der Waals surface area contributed by atoms with Gasteiger partial charge >= 0.3 is 6.18 Å². The van der Waals surface area contributed by atoms with Crippen molar-refractivity contribution < 1.29 is 22.7 Å². The van der Waals surface area contributed by atoms with E-state index in [1.54, 1.807) is 12.3 Å². The minimum atomic E-state index is -4.39. The van der Waals surface area contributed by atoms with Crippen LogP contribution in [0.1, 0.15) is 30.5 Å². The Bertz CT molecular complexity index is 1240. The molecule has 2 aromatic carbocycles. The van der Waals surface area contributed by atoms with Crippen molar-refractivity contribution in [3.8, 4) is 0 Å². The Morgan fingerprint density at radius 1 is 1.14 bits per heavy atom. The number of piperazine rings is 1. The highest BCUT2D eigenvalue weighted by Crippen LogP contribution is 2.33. The van der Waals surface area contributed by atoms with Crippen LogP contribution in [-0.4, -0.2) is 60.4 Å². The number of carbonyl (C=O) groups is 1. The Labute approximate surface area is 207 Å². The van der Waals surface area contributed by atoms with Crippen molar-refractivity contribution in [2.24, 2.45) is 5.92 Å². The second-order valence-corrected chi connectivity index (χ2v) is 9.32. The van der Waals surface area contributed by atoms with Crippen LogP contribution in [0.3, 0.4) is 0 Å². The fourth-order valence-electron chi connectivity index (χ4n) is 4.83. The Morgan fingerprint density at radius 3 is 2.67 bits per heavy atom. The van der Waals surface area contributed by atoms with Crippen LogP contribution in [0.15, 0.2) is 48.7 Å². The summed E-state index contributed by atoms with van der Waals surface area (Å²) in [7, 11) is 0. The topological polar surface area (TPSA) is 70.6 Å². The average molecular weight is 500 g/mol. The molecule has 1 unspecified atom stereocenters. The number of aromatic nitrogens is 2. The van der Waals surface area contributed by atoms with E-state index in [0.717, 1.165) is 23.6 Å². The molecule has 2 atom stereocenters. The monoisotopic (exact) mass is 499 g/mol. The van der Waals surface area contributed by atoms with E-state index in [2.05, 4.69) is 20.4 Å². The molecule has 7 nitrogen and oxygen atoms in total. The zero-order valence-electron chi connectivity index (χ0n) is 20.0. The second kappa shape index (κ2) is 9.93. The van der Waals surface area contributed by atoms with Crippen LogP contribution in [0.2, 0.25) is 0 Å². The van der Waals surface area contributed by atoms with Gasteiger partial charge in [0.15, 0.2) is 0 Å². The van der Waals surface area contributed by atoms with Gasteiger partial charge in [-0.2, -0.15) is 23.4 Å². The van der Waals surface area contributed by atoms with Crippen LogP contribution in [0, 0.1) is 5.92 Å². The first-order valence-corrected chi connectivity index (χ1v) is 12.1. The summed E-state index contributed by atoms with van der Waals surface area (Å²) in [6, 6.07) is 10.9. The van der Waals surface area contributed by atoms with Crippen molar-refractivity contribution in [1.29, 1.82) is 0 Å². The summed E-state index contributed by atoms with van der Waals surface area (Å²) in [6.07, 6.45) is -2.01. The lowest BCUT2D eigenvalue weighted by atomic mass is 10.0. The van der Waals surface area contributed by atoms with E-state index < -0.39 is 11.7 Å². The summed E-state index contributed by atoms with van der Waals surface area (Å²) in [6.45, 7) is 5.72. The van der Waals surface area contributed by atoms with E-state index in [1.807, 2.05) is 30.0 Å². The zero-order chi connectivity index (χ0) is 25.3. The van der Waals surface area contributed by atoms with Gasteiger partial charge in [-0.3, -0.25) is 4.79 Å². The fraction of sp³-hybridized carbons (Fsp3) is 0.423. The van der Waals surface area contributed by atoms with Gasteiger partial charge in [-0.05, 0) is 49.2 Å². The van der Waals surface area contributed by atoms with E-state index in [-0.39, 0.29) is 17.9 Å². The fourth-order valence-corrected chi connectivity index (χ4v) is 4.83. The number of fused-ring (bicyclic) bond motifs is 1. The molecule has 3 heterocycles. The highest BCUT2D eigenvalue weighted by molar-refractivity contribution is 5.93. The maximum Gasteiger partial charge on any atom is 0.416 e. The molecule has 10 heteroatoms. The van der Waals surface area contributed by atoms with Crippen LogP contribution < -0.4 is 10.2 Å². The maximum atomic E-state index is 13.2. The third-order valence-corrected chi connectivity index (χ3v) is 6.94. The predicted molar refractivity (Wildman–Crippen MR) is 131 cm³/mol. The summed E-state index contributed by atoms with van der Waals surface area (Å²) in [5, 5.41) is 12.4.